The van der Waals surface area contributed by atoms with E-state index in [1.54, 1.807) is 5.56 Å². The van der Waals surface area contributed by atoms with E-state index in [1.165, 1.54) is 31.5 Å². The van der Waals surface area contributed by atoms with Crippen molar-refractivity contribution >= 4 is 0 Å². The maximum Gasteiger partial charge on any atom is 0.0484 e. The molecule has 2 unspecified atom stereocenters. The van der Waals surface area contributed by atoms with E-state index in [4.69, 9.17) is 0 Å². The number of nitrogens with one attached hydrogen (secondary N) is 1. The van der Waals surface area contributed by atoms with E-state index in [1.807, 2.05) is 0 Å². The molecule has 1 aromatic carbocycles. The topological polar surface area (TPSA) is 15.3 Å². The lowest BCUT2D eigenvalue weighted by Crippen LogP contribution is -2.42. The van der Waals surface area contributed by atoms with Gasteiger partial charge in [-0.3, -0.25) is 4.90 Å². The van der Waals surface area contributed by atoms with Crippen molar-refractivity contribution < 1.29 is 0 Å². The lowest BCUT2D eigenvalue weighted by Gasteiger charge is -2.31. The molecule has 2 aliphatic rings. The van der Waals surface area contributed by atoms with Crippen molar-refractivity contribution in [2.75, 3.05) is 19.6 Å². The average Bonchev–Trinajstić information content (AvgIpc) is 2.91. The summed E-state index contributed by atoms with van der Waals surface area (Å²) in [5.74, 6) is 0. The number of benzene rings is 1. The molecule has 3 rings (SSSR count). The summed E-state index contributed by atoms with van der Waals surface area (Å²) in [5, 5.41) is 3.71. The van der Waals surface area contributed by atoms with Gasteiger partial charge in [-0.1, -0.05) is 45.0 Å². The van der Waals surface area contributed by atoms with Gasteiger partial charge in [-0.25, -0.2) is 0 Å². The van der Waals surface area contributed by atoms with Crippen molar-refractivity contribution in [3.05, 3.63) is 35.4 Å². The van der Waals surface area contributed by atoms with Crippen LogP contribution in [0.2, 0.25) is 0 Å². The molecule has 1 aliphatic heterocycles. The minimum Gasteiger partial charge on any atom is -0.309 e. The molecule has 0 radical (unpaired) electrons. The highest BCUT2D eigenvalue weighted by Gasteiger charge is 2.40. The fraction of sp³-hybridized carbons (Fsp3) is 0.647. The van der Waals surface area contributed by atoms with Crippen molar-refractivity contribution in [1.82, 2.24) is 10.2 Å². The van der Waals surface area contributed by atoms with Crippen LogP contribution in [0, 0.1) is 5.41 Å². The molecule has 19 heavy (non-hydrogen) atoms. The van der Waals surface area contributed by atoms with Crippen LogP contribution in [0.5, 0.6) is 0 Å². The first-order valence-electron chi connectivity index (χ1n) is 7.66. The van der Waals surface area contributed by atoms with Crippen molar-refractivity contribution in [2.45, 2.75) is 45.7 Å². The molecule has 0 aromatic heterocycles. The fourth-order valence-corrected chi connectivity index (χ4v) is 3.82. The number of likely N-dealkylation sites (N-methyl/N-ethyl adjacent to an activating group) is 1. The maximum absolute atomic E-state index is 3.71. The zero-order valence-electron chi connectivity index (χ0n) is 12.4. The molecular formula is C17H26N2. The number of hydrogen-bond donors (Lipinski definition) is 1. The fourth-order valence-electron chi connectivity index (χ4n) is 3.82. The minimum atomic E-state index is 0.492. The zero-order valence-corrected chi connectivity index (χ0v) is 12.4. The largest absolute Gasteiger partial charge is 0.309 e. The van der Waals surface area contributed by atoms with E-state index in [2.05, 4.69) is 55.3 Å². The summed E-state index contributed by atoms with van der Waals surface area (Å²) >= 11 is 0. The van der Waals surface area contributed by atoms with Gasteiger partial charge in [0.2, 0.25) is 0 Å². The molecule has 1 heterocycles. The highest BCUT2D eigenvalue weighted by molar-refractivity contribution is 5.37. The lowest BCUT2D eigenvalue weighted by molar-refractivity contribution is 0.186. The van der Waals surface area contributed by atoms with E-state index in [-0.39, 0.29) is 0 Å². The number of rotatable bonds is 3. The highest BCUT2D eigenvalue weighted by Crippen LogP contribution is 2.39. The van der Waals surface area contributed by atoms with Gasteiger partial charge in [0.15, 0.2) is 0 Å². The van der Waals surface area contributed by atoms with E-state index < -0.39 is 0 Å². The van der Waals surface area contributed by atoms with Crippen LogP contribution in [0.1, 0.15) is 44.4 Å². The van der Waals surface area contributed by atoms with Gasteiger partial charge in [0.05, 0.1) is 0 Å². The summed E-state index contributed by atoms with van der Waals surface area (Å²) < 4.78 is 0. The molecule has 1 N–H and O–H groups in total. The monoisotopic (exact) mass is 258 g/mol. The summed E-state index contributed by atoms with van der Waals surface area (Å²) in [6.07, 6.45) is 2.54. The standard InChI is InChI=1S/C17H26N2/c1-4-18-16-14-8-6-5-7-13(14)11-15(16)19-10-9-17(2,3)12-19/h5-8,15-16,18H,4,9-12H2,1-3H3. The Bertz CT molecular complexity index is 452. The van der Waals surface area contributed by atoms with Gasteiger partial charge in [-0.05, 0) is 42.5 Å². The summed E-state index contributed by atoms with van der Waals surface area (Å²) in [4.78, 5) is 2.72. The quantitative estimate of drug-likeness (QED) is 0.896. The Balaban J connectivity index is 1.83. The molecule has 1 aromatic rings. The lowest BCUT2D eigenvalue weighted by atomic mass is 9.93. The number of fused-ring (bicyclic) bond motifs is 1. The van der Waals surface area contributed by atoms with Gasteiger partial charge in [0, 0.05) is 18.6 Å². The van der Waals surface area contributed by atoms with Crippen LogP contribution in [-0.4, -0.2) is 30.6 Å². The highest BCUT2D eigenvalue weighted by atomic mass is 15.2. The van der Waals surface area contributed by atoms with Crippen LogP contribution in [0.25, 0.3) is 0 Å². The molecule has 2 nitrogen and oxygen atoms in total. The normalized spacial score (nSPS) is 29.6. The van der Waals surface area contributed by atoms with Crippen molar-refractivity contribution in [1.29, 1.82) is 0 Å². The van der Waals surface area contributed by atoms with Crippen molar-refractivity contribution in [2.24, 2.45) is 5.41 Å². The first-order chi connectivity index (χ1) is 9.11. The first kappa shape index (κ1) is 13.1. The summed E-state index contributed by atoms with van der Waals surface area (Å²) in [5.41, 5.74) is 3.56. The Morgan fingerprint density at radius 1 is 1.32 bits per heavy atom. The van der Waals surface area contributed by atoms with Crippen LogP contribution < -0.4 is 5.32 Å². The predicted molar refractivity (Wildman–Crippen MR) is 80.3 cm³/mol. The predicted octanol–water partition coefficient (Wildman–Crippen LogP) is 2.99. The third-order valence-electron chi connectivity index (χ3n) is 4.80. The molecule has 0 saturated carbocycles. The SMILES string of the molecule is CCNC1c2ccccc2CC1N1CCC(C)(C)C1. The molecule has 1 fully saturated rings. The average molecular weight is 258 g/mol. The molecule has 0 bridgehead atoms. The molecule has 0 spiro atoms. The van der Waals surface area contributed by atoms with E-state index in [9.17, 15) is 0 Å². The second kappa shape index (κ2) is 4.92. The third-order valence-corrected chi connectivity index (χ3v) is 4.80. The zero-order chi connectivity index (χ0) is 13.5. The molecule has 1 saturated heterocycles. The van der Waals surface area contributed by atoms with E-state index >= 15 is 0 Å². The molecule has 0 amide bonds. The number of hydrogen-bond acceptors (Lipinski definition) is 2. The van der Waals surface area contributed by atoms with Gasteiger partial charge in [-0.15, -0.1) is 0 Å². The Morgan fingerprint density at radius 2 is 2.11 bits per heavy atom. The van der Waals surface area contributed by atoms with Crippen LogP contribution >= 0.6 is 0 Å². The third kappa shape index (κ3) is 2.44. The number of likely N-dealkylation sites (tertiary alicyclic amines) is 1. The summed E-state index contributed by atoms with van der Waals surface area (Å²) in [6.45, 7) is 10.6. The molecular weight excluding hydrogens is 232 g/mol. The van der Waals surface area contributed by atoms with E-state index in [0.717, 1.165) is 6.54 Å². The smallest absolute Gasteiger partial charge is 0.0484 e. The van der Waals surface area contributed by atoms with Crippen LogP contribution in [-0.2, 0) is 6.42 Å². The Kier molecular flexibility index (Phi) is 3.40. The Morgan fingerprint density at radius 3 is 2.79 bits per heavy atom. The summed E-state index contributed by atoms with van der Waals surface area (Å²) in [7, 11) is 0. The summed E-state index contributed by atoms with van der Waals surface area (Å²) in [6, 6.07) is 10.1. The molecule has 1 aliphatic carbocycles. The number of nitrogens with zero attached hydrogens (tertiary/aromatic N) is 1. The second-order valence-corrected chi connectivity index (χ2v) is 6.89. The maximum atomic E-state index is 3.71. The van der Waals surface area contributed by atoms with Crippen LogP contribution in [0.4, 0.5) is 0 Å². The van der Waals surface area contributed by atoms with Crippen molar-refractivity contribution in [3.8, 4) is 0 Å². The van der Waals surface area contributed by atoms with Gasteiger partial charge >= 0.3 is 0 Å². The van der Waals surface area contributed by atoms with Gasteiger partial charge in [0.25, 0.3) is 0 Å². The second-order valence-electron chi connectivity index (χ2n) is 6.89. The van der Waals surface area contributed by atoms with Gasteiger partial charge in [-0.2, -0.15) is 0 Å². The molecule has 2 atom stereocenters. The van der Waals surface area contributed by atoms with E-state index in [0.29, 0.717) is 17.5 Å². The van der Waals surface area contributed by atoms with Gasteiger partial charge < -0.3 is 5.32 Å². The van der Waals surface area contributed by atoms with Crippen LogP contribution in [0.3, 0.4) is 0 Å². The molecule has 104 valence electrons. The minimum absolute atomic E-state index is 0.492. The Hall–Kier alpha value is -0.860. The van der Waals surface area contributed by atoms with Gasteiger partial charge in [0.1, 0.15) is 0 Å². The Labute approximate surface area is 117 Å². The first-order valence-corrected chi connectivity index (χ1v) is 7.66. The molecule has 2 heteroatoms. The van der Waals surface area contributed by atoms with Crippen molar-refractivity contribution in [3.63, 3.8) is 0 Å². The van der Waals surface area contributed by atoms with Crippen LogP contribution in [0.15, 0.2) is 24.3 Å².